The highest BCUT2D eigenvalue weighted by molar-refractivity contribution is 6.15. The van der Waals surface area contributed by atoms with E-state index >= 15 is 0 Å². The summed E-state index contributed by atoms with van der Waals surface area (Å²) in [5.41, 5.74) is 11.7. The van der Waals surface area contributed by atoms with Gasteiger partial charge < -0.3 is 0 Å². The number of pyridine rings is 1. The first kappa shape index (κ1) is 23.2. The number of benzene rings is 6. The van der Waals surface area contributed by atoms with Crippen molar-refractivity contribution in [3.05, 3.63) is 151 Å². The number of rotatable bonds is 3. The molecule has 6 aromatic carbocycles. The van der Waals surface area contributed by atoms with E-state index in [2.05, 4.69) is 112 Å². The minimum Gasteiger partial charge on any atom is -0.293 e. The maximum atomic E-state index is 7.59. The van der Waals surface area contributed by atoms with Crippen LogP contribution in [0.25, 0.3) is 76.6 Å². The van der Waals surface area contributed by atoms with E-state index in [0.29, 0.717) is 5.69 Å². The molecule has 0 aliphatic carbocycles. The van der Waals surface area contributed by atoms with Crippen LogP contribution in [0.1, 0.15) is 0 Å². The highest BCUT2D eigenvalue weighted by atomic mass is 15.0. The molecule has 0 radical (unpaired) electrons. The van der Waals surface area contributed by atoms with Gasteiger partial charge in [-0.25, -0.2) is 9.83 Å². The second-order valence-corrected chi connectivity index (χ2v) is 10.4. The van der Waals surface area contributed by atoms with Gasteiger partial charge in [-0.05, 0) is 69.1 Å². The van der Waals surface area contributed by atoms with E-state index in [1.165, 1.54) is 22.3 Å². The largest absolute Gasteiger partial charge is 0.293 e. The summed E-state index contributed by atoms with van der Waals surface area (Å²) in [7, 11) is 0. The topological polar surface area (TPSA) is 21.7 Å². The lowest BCUT2D eigenvalue weighted by molar-refractivity contribution is 1.32. The van der Waals surface area contributed by atoms with Crippen molar-refractivity contribution < 1.29 is 0 Å². The average Bonchev–Trinajstić information content (AvgIpc) is 3.45. The zero-order valence-corrected chi connectivity index (χ0v) is 22.1. The van der Waals surface area contributed by atoms with Crippen molar-refractivity contribution in [1.82, 2.24) is 9.38 Å². The van der Waals surface area contributed by atoms with E-state index in [0.717, 1.165) is 49.5 Å². The van der Waals surface area contributed by atoms with Gasteiger partial charge in [-0.3, -0.25) is 4.40 Å². The van der Waals surface area contributed by atoms with Gasteiger partial charge in [-0.15, -0.1) is 0 Å². The van der Waals surface area contributed by atoms with Crippen molar-refractivity contribution >= 4 is 44.0 Å². The second-order valence-electron chi connectivity index (χ2n) is 10.4. The molecule has 41 heavy (non-hydrogen) atoms. The number of hydrogen-bond donors (Lipinski definition) is 0. The van der Waals surface area contributed by atoms with E-state index in [1.54, 1.807) is 0 Å². The van der Waals surface area contributed by atoms with Gasteiger partial charge >= 0.3 is 0 Å². The molecule has 0 bridgehead atoms. The number of hydrogen-bond acceptors (Lipinski definition) is 1. The fourth-order valence-electron chi connectivity index (χ4n) is 5.94. The van der Waals surface area contributed by atoms with Crippen molar-refractivity contribution in [3.8, 4) is 33.4 Å². The Morgan fingerprint density at radius 2 is 1.02 bits per heavy atom. The quantitative estimate of drug-likeness (QED) is 0.167. The molecule has 0 spiro atoms. The first-order chi connectivity index (χ1) is 20.3. The molecule has 8 aromatic rings. The first-order valence-corrected chi connectivity index (χ1v) is 13.7. The number of imidazole rings is 1. The Morgan fingerprint density at radius 1 is 0.463 bits per heavy atom. The Labute approximate surface area is 237 Å². The summed E-state index contributed by atoms with van der Waals surface area (Å²) >= 11 is 0. The van der Waals surface area contributed by atoms with Crippen LogP contribution in [0, 0.1) is 6.57 Å². The predicted molar refractivity (Wildman–Crippen MR) is 170 cm³/mol. The van der Waals surface area contributed by atoms with Gasteiger partial charge in [0, 0.05) is 16.3 Å². The number of nitrogens with zero attached hydrogens (tertiary/aromatic N) is 3. The molecule has 0 saturated carbocycles. The molecule has 2 heterocycles. The number of aromatic nitrogens is 2. The minimum atomic E-state index is 0.625. The van der Waals surface area contributed by atoms with Crippen molar-refractivity contribution in [2.24, 2.45) is 0 Å². The summed E-state index contributed by atoms with van der Waals surface area (Å²) in [5.74, 6) is 0. The molecule has 8 rings (SSSR count). The fourth-order valence-corrected chi connectivity index (χ4v) is 5.94. The highest BCUT2D eigenvalue weighted by Crippen LogP contribution is 2.37. The lowest BCUT2D eigenvalue weighted by Gasteiger charge is -2.12. The Balaban J connectivity index is 1.23. The zero-order valence-electron chi connectivity index (χ0n) is 22.1. The second kappa shape index (κ2) is 9.19. The molecule has 0 amide bonds. The van der Waals surface area contributed by atoms with Crippen LogP contribution in [0.5, 0.6) is 0 Å². The third-order valence-electron chi connectivity index (χ3n) is 8.01. The maximum absolute atomic E-state index is 7.59. The molecular formula is C38H23N3. The van der Waals surface area contributed by atoms with Gasteiger partial charge in [-0.2, -0.15) is 0 Å². The van der Waals surface area contributed by atoms with E-state index in [-0.39, 0.29) is 0 Å². The van der Waals surface area contributed by atoms with Crippen molar-refractivity contribution in [3.63, 3.8) is 0 Å². The van der Waals surface area contributed by atoms with Crippen LogP contribution in [-0.2, 0) is 0 Å². The van der Waals surface area contributed by atoms with Crippen LogP contribution < -0.4 is 0 Å². The smallest absolute Gasteiger partial charge is 0.189 e. The summed E-state index contributed by atoms with van der Waals surface area (Å²) in [6.07, 6.45) is 0. The SMILES string of the molecule is [C-]#[N+]c1ccc2c3cc(-c4ccc(-c5ccc(-c6ccccc6)cc5)cc4)ccc3c3nc4ccccc4n3c2c1. The van der Waals surface area contributed by atoms with Crippen LogP contribution in [0.3, 0.4) is 0 Å². The molecule has 0 aliphatic rings. The highest BCUT2D eigenvalue weighted by Gasteiger charge is 2.15. The third kappa shape index (κ3) is 3.77. The van der Waals surface area contributed by atoms with Crippen LogP contribution >= 0.6 is 0 Å². The molecule has 3 heteroatoms. The fraction of sp³-hybridized carbons (Fsp3) is 0. The Morgan fingerprint density at radius 3 is 1.71 bits per heavy atom. The van der Waals surface area contributed by atoms with Gasteiger partial charge in [0.1, 0.15) is 5.65 Å². The third-order valence-corrected chi connectivity index (χ3v) is 8.01. The molecule has 0 fully saturated rings. The predicted octanol–water partition coefficient (Wildman–Crippen LogP) is 10.3. The minimum absolute atomic E-state index is 0.625. The van der Waals surface area contributed by atoms with E-state index in [9.17, 15) is 0 Å². The summed E-state index contributed by atoms with van der Waals surface area (Å²) in [6.45, 7) is 7.59. The summed E-state index contributed by atoms with van der Waals surface area (Å²) in [6, 6.07) is 48.8. The van der Waals surface area contributed by atoms with Crippen LogP contribution in [0.4, 0.5) is 5.69 Å². The zero-order chi connectivity index (χ0) is 27.3. The van der Waals surface area contributed by atoms with E-state index in [1.807, 2.05) is 36.4 Å². The lowest BCUT2D eigenvalue weighted by atomic mass is 9.96. The van der Waals surface area contributed by atoms with Crippen LogP contribution in [0.15, 0.2) is 140 Å². The molecule has 3 nitrogen and oxygen atoms in total. The number of fused-ring (bicyclic) bond motifs is 8. The number of para-hydroxylation sites is 2. The van der Waals surface area contributed by atoms with Crippen LogP contribution in [-0.4, -0.2) is 9.38 Å². The normalized spacial score (nSPS) is 11.4. The molecule has 0 unspecified atom stereocenters. The first-order valence-electron chi connectivity index (χ1n) is 13.7. The van der Waals surface area contributed by atoms with Gasteiger partial charge in [0.05, 0.1) is 17.6 Å². The summed E-state index contributed by atoms with van der Waals surface area (Å²) < 4.78 is 2.19. The molecular weight excluding hydrogens is 498 g/mol. The van der Waals surface area contributed by atoms with E-state index in [4.69, 9.17) is 11.6 Å². The van der Waals surface area contributed by atoms with Gasteiger partial charge in [-0.1, -0.05) is 109 Å². The molecule has 190 valence electrons. The standard InChI is InChI=1S/C38H23N3/c1-39-31-20-22-32-34-23-30(19-21-33(34)38-40-35-9-5-6-10-36(35)41(38)37(32)24-31)29-17-15-28(16-18-29)27-13-11-26(12-14-27)25-7-3-2-4-8-25/h2-24H. The van der Waals surface area contributed by atoms with Crippen molar-refractivity contribution in [1.29, 1.82) is 0 Å². The van der Waals surface area contributed by atoms with E-state index < -0.39 is 0 Å². The van der Waals surface area contributed by atoms with Crippen molar-refractivity contribution in [2.75, 3.05) is 0 Å². The monoisotopic (exact) mass is 521 g/mol. The summed E-state index contributed by atoms with van der Waals surface area (Å²) in [5, 5.41) is 3.35. The van der Waals surface area contributed by atoms with Crippen molar-refractivity contribution in [2.45, 2.75) is 0 Å². The van der Waals surface area contributed by atoms with Gasteiger partial charge in [0.2, 0.25) is 0 Å². The van der Waals surface area contributed by atoms with Gasteiger partial charge in [0.25, 0.3) is 0 Å². The molecule has 0 saturated heterocycles. The van der Waals surface area contributed by atoms with Gasteiger partial charge in [0.15, 0.2) is 5.69 Å². The average molecular weight is 522 g/mol. The Hall–Kier alpha value is -5.72. The summed E-state index contributed by atoms with van der Waals surface area (Å²) in [4.78, 5) is 8.71. The molecule has 0 atom stereocenters. The lowest BCUT2D eigenvalue weighted by Crippen LogP contribution is -1.92. The Kier molecular flexibility index (Phi) is 5.20. The molecule has 2 aromatic heterocycles. The molecule has 0 N–H and O–H groups in total. The molecule has 0 aliphatic heterocycles. The van der Waals surface area contributed by atoms with Crippen LogP contribution in [0.2, 0.25) is 0 Å². The Bertz CT molecular complexity index is 2290. The maximum Gasteiger partial charge on any atom is 0.189 e.